The highest BCUT2D eigenvalue weighted by atomic mass is 16.5. The van der Waals surface area contributed by atoms with E-state index < -0.39 is 37.2 Å². The van der Waals surface area contributed by atoms with Gasteiger partial charge >= 0.3 is 11.9 Å². The molecule has 2 amide bonds. The van der Waals surface area contributed by atoms with E-state index in [9.17, 15) is 29.4 Å². The van der Waals surface area contributed by atoms with Gasteiger partial charge in [-0.05, 0) is 96.5 Å². The number of carbonyl (C=O) groups excluding carboxylic acids is 4. The van der Waals surface area contributed by atoms with Crippen molar-refractivity contribution in [2.24, 2.45) is 0 Å². The summed E-state index contributed by atoms with van der Waals surface area (Å²) in [6, 6.07) is 22.2. The number of esters is 2. The van der Waals surface area contributed by atoms with E-state index in [0.29, 0.717) is 22.9 Å². The Morgan fingerprint density at radius 2 is 1.05 bits per heavy atom. The largest absolute Gasteiger partial charge is 0.482 e. The number of carbonyl (C=O) groups is 4. The van der Waals surface area contributed by atoms with Crippen LogP contribution in [0, 0.1) is 13.8 Å². The van der Waals surface area contributed by atoms with Crippen LogP contribution in [-0.4, -0.2) is 112 Å². The van der Waals surface area contributed by atoms with Gasteiger partial charge in [0.25, 0.3) is 11.8 Å². The zero-order chi connectivity index (χ0) is 41.3. The highest BCUT2D eigenvalue weighted by Gasteiger charge is 2.29. The lowest BCUT2D eigenvalue weighted by Crippen LogP contribution is -2.47. The van der Waals surface area contributed by atoms with Crippen LogP contribution in [0.1, 0.15) is 25.0 Å². The van der Waals surface area contributed by atoms with E-state index in [1.165, 1.54) is 0 Å². The first kappa shape index (κ1) is 41.8. The van der Waals surface area contributed by atoms with Crippen LogP contribution in [0.2, 0.25) is 0 Å². The van der Waals surface area contributed by atoms with Crippen molar-refractivity contribution in [3.63, 3.8) is 0 Å². The molecule has 4 aromatic rings. The Balaban J connectivity index is 1.21. The third-order valence-corrected chi connectivity index (χ3v) is 10.3. The van der Waals surface area contributed by atoms with Crippen molar-refractivity contribution in [2.75, 3.05) is 75.6 Å². The Kier molecular flexibility index (Phi) is 13.8. The number of fused-ring (bicyclic) bond motifs is 2. The SMILES string of the molecule is CCOC(=O)[C@H](CO)NCCN1C(=O)COc2cc(-c3cccc(-c4cccc(-c5ccc6c(c5)OCC(=O)N6CCN[C@@H](CO)C(=O)OCC)c4C)c3C)ccc21. The maximum atomic E-state index is 12.9. The molecule has 0 aliphatic carbocycles. The van der Waals surface area contributed by atoms with Gasteiger partial charge in [-0.25, -0.2) is 0 Å². The van der Waals surface area contributed by atoms with Gasteiger partial charge < -0.3 is 49.6 Å². The minimum absolute atomic E-state index is 0.121. The number of nitrogens with one attached hydrogen (secondary N) is 2. The standard InChI is InChI=1S/C44H50N4O10/c1-5-55-43(53)35(23-49)45-17-19-47-37-15-13-29(21-39(37)57-25-41(47)51)31-9-7-11-33(27(31)3)34-12-8-10-32(28(34)4)30-14-16-38-40(22-30)58-26-42(52)48(38)20-18-46-36(24-50)44(54)56-6-2/h7-16,21-22,35-36,45-46,49-50H,5-6,17-20,23-26H2,1-4H3/t35-,36-/m0/s1. The number of nitrogens with zero attached hydrogens (tertiary/aromatic N) is 2. The van der Waals surface area contributed by atoms with Crippen LogP contribution < -0.4 is 29.9 Å². The molecule has 0 saturated carbocycles. The molecule has 0 radical (unpaired) electrons. The van der Waals surface area contributed by atoms with Crippen LogP contribution in [0.15, 0.2) is 72.8 Å². The molecule has 0 fully saturated rings. The summed E-state index contributed by atoms with van der Waals surface area (Å²) in [5.74, 6) is -0.364. The van der Waals surface area contributed by atoms with E-state index >= 15 is 0 Å². The molecule has 0 bridgehead atoms. The Hall–Kier alpha value is -5.80. The summed E-state index contributed by atoms with van der Waals surface area (Å²) in [6.45, 7) is 7.95. The van der Waals surface area contributed by atoms with Crippen molar-refractivity contribution < 1.29 is 48.3 Å². The molecule has 0 saturated heterocycles. The molecule has 4 N–H and O–H groups in total. The molecule has 2 atom stereocenters. The number of anilines is 2. The summed E-state index contributed by atoms with van der Waals surface area (Å²) in [6.07, 6.45) is 0. The third kappa shape index (κ3) is 9.00. The van der Waals surface area contributed by atoms with Crippen molar-refractivity contribution in [3.05, 3.63) is 83.9 Å². The Bertz CT molecular complexity index is 2010. The number of amides is 2. The van der Waals surface area contributed by atoms with Crippen molar-refractivity contribution in [1.82, 2.24) is 10.6 Å². The number of hydrogen-bond acceptors (Lipinski definition) is 12. The van der Waals surface area contributed by atoms with E-state index in [-0.39, 0.29) is 64.4 Å². The third-order valence-electron chi connectivity index (χ3n) is 10.3. The highest BCUT2D eigenvalue weighted by Crippen LogP contribution is 2.42. The molecule has 0 spiro atoms. The topological polar surface area (TPSA) is 176 Å². The molecule has 58 heavy (non-hydrogen) atoms. The van der Waals surface area contributed by atoms with E-state index in [2.05, 4.69) is 48.7 Å². The molecule has 14 heteroatoms. The second-order valence-corrected chi connectivity index (χ2v) is 13.9. The molecule has 2 heterocycles. The lowest BCUT2D eigenvalue weighted by atomic mass is 9.88. The lowest BCUT2D eigenvalue weighted by Gasteiger charge is -2.30. The fourth-order valence-corrected chi connectivity index (χ4v) is 7.35. The Morgan fingerprint density at radius 1 is 0.655 bits per heavy atom. The minimum atomic E-state index is -0.880. The van der Waals surface area contributed by atoms with Crippen LogP contribution in [0.4, 0.5) is 11.4 Å². The van der Waals surface area contributed by atoms with Crippen molar-refractivity contribution in [1.29, 1.82) is 0 Å². The van der Waals surface area contributed by atoms with Gasteiger partial charge in [-0.1, -0.05) is 48.5 Å². The second-order valence-electron chi connectivity index (χ2n) is 13.9. The molecular weight excluding hydrogens is 745 g/mol. The quantitative estimate of drug-likeness (QED) is 0.114. The zero-order valence-electron chi connectivity index (χ0n) is 33.2. The molecule has 0 unspecified atom stereocenters. The lowest BCUT2D eigenvalue weighted by molar-refractivity contribution is -0.147. The fourth-order valence-electron chi connectivity index (χ4n) is 7.35. The summed E-state index contributed by atoms with van der Waals surface area (Å²) in [5.41, 5.74) is 9.35. The predicted molar refractivity (Wildman–Crippen MR) is 219 cm³/mol. The highest BCUT2D eigenvalue weighted by molar-refractivity contribution is 5.99. The number of aliphatic hydroxyl groups is 2. The summed E-state index contributed by atoms with van der Waals surface area (Å²) >= 11 is 0. The van der Waals surface area contributed by atoms with Crippen LogP contribution >= 0.6 is 0 Å². The first-order valence-electron chi connectivity index (χ1n) is 19.5. The van der Waals surface area contributed by atoms with Crippen LogP contribution in [0.3, 0.4) is 0 Å². The van der Waals surface area contributed by atoms with Gasteiger partial charge in [0.05, 0.1) is 37.8 Å². The van der Waals surface area contributed by atoms with Crippen LogP contribution in [0.5, 0.6) is 11.5 Å². The smallest absolute Gasteiger partial charge is 0.325 e. The Labute approximate surface area is 337 Å². The average molecular weight is 795 g/mol. The number of ether oxygens (including phenoxy) is 4. The summed E-state index contributed by atoms with van der Waals surface area (Å²) in [4.78, 5) is 53.2. The maximum absolute atomic E-state index is 12.9. The van der Waals surface area contributed by atoms with Gasteiger partial charge in [0, 0.05) is 26.2 Å². The van der Waals surface area contributed by atoms with E-state index in [4.69, 9.17) is 18.9 Å². The molecule has 2 aliphatic heterocycles. The molecule has 14 nitrogen and oxygen atoms in total. The van der Waals surface area contributed by atoms with E-state index in [0.717, 1.165) is 44.5 Å². The number of benzene rings is 4. The van der Waals surface area contributed by atoms with E-state index in [1.807, 2.05) is 48.5 Å². The monoisotopic (exact) mass is 794 g/mol. The molecule has 4 aromatic carbocycles. The summed E-state index contributed by atoms with van der Waals surface area (Å²) < 4.78 is 21.8. The van der Waals surface area contributed by atoms with Gasteiger partial charge in [-0.3, -0.25) is 19.2 Å². The number of rotatable bonds is 17. The normalized spacial score (nSPS) is 14.5. The van der Waals surface area contributed by atoms with Crippen molar-refractivity contribution in [2.45, 2.75) is 39.8 Å². The van der Waals surface area contributed by atoms with Gasteiger partial charge in [-0.15, -0.1) is 0 Å². The van der Waals surface area contributed by atoms with Gasteiger partial charge in [-0.2, -0.15) is 0 Å². The van der Waals surface area contributed by atoms with Gasteiger partial charge in [0.15, 0.2) is 13.2 Å². The van der Waals surface area contributed by atoms with Crippen LogP contribution in [-0.2, 0) is 28.7 Å². The fraction of sp³-hybridized carbons (Fsp3) is 0.364. The second kappa shape index (κ2) is 19.1. The summed E-state index contributed by atoms with van der Waals surface area (Å²) in [5, 5.41) is 25.2. The average Bonchev–Trinajstić information content (AvgIpc) is 3.22. The minimum Gasteiger partial charge on any atom is -0.482 e. The van der Waals surface area contributed by atoms with Gasteiger partial charge in [0.1, 0.15) is 23.6 Å². The first-order valence-corrected chi connectivity index (χ1v) is 19.5. The first-order chi connectivity index (χ1) is 28.1. The Morgan fingerprint density at radius 3 is 1.43 bits per heavy atom. The predicted octanol–water partition coefficient (Wildman–Crippen LogP) is 3.78. The zero-order valence-corrected chi connectivity index (χ0v) is 33.2. The maximum Gasteiger partial charge on any atom is 0.325 e. The van der Waals surface area contributed by atoms with E-state index in [1.54, 1.807) is 23.6 Å². The number of hydrogen-bond donors (Lipinski definition) is 4. The molecular formula is C44H50N4O10. The van der Waals surface area contributed by atoms with Crippen LogP contribution in [0.25, 0.3) is 33.4 Å². The molecule has 6 rings (SSSR count). The molecule has 2 aliphatic rings. The molecule has 306 valence electrons. The molecule has 0 aromatic heterocycles. The van der Waals surface area contributed by atoms with Crippen molar-refractivity contribution in [3.8, 4) is 44.9 Å². The van der Waals surface area contributed by atoms with Gasteiger partial charge in [0.2, 0.25) is 0 Å². The van der Waals surface area contributed by atoms with Crippen molar-refractivity contribution >= 4 is 35.1 Å². The summed E-state index contributed by atoms with van der Waals surface area (Å²) in [7, 11) is 0. The number of aliphatic hydroxyl groups excluding tert-OH is 2.